The average molecular weight is 514 g/mol. The summed E-state index contributed by atoms with van der Waals surface area (Å²) in [5, 5.41) is 3.60. The van der Waals surface area contributed by atoms with Gasteiger partial charge in [-0.2, -0.15) is 0 Å². The first-order valence-electron chi connectivity index (χ1n) is 11.7. The maximum absolute atomic E-state index is 13.6. The van der Waals surface area contributed by atoms with Gasteiger partial charge in [0, 0.05) is 37.8 Å². The molecule has 0 radical (unpaired) electrons. The first kappa shape index (κ1) is 24.2. The van der Waals surface area contributed by atoms with Gasteiger partial charge in [-0.15, -0.1) is 11.3 Å². The van der Waals surface area contributed by atoms with E-state index in [2.05, 4.69) is 20.3 Å². The Hall–Kier alpha value is -3.47. The van der Waals surface area contributed by atoms with Gasteiger partial charge in [-0.3, -0.25) is 20.0 Å². The number of pyridine rings is 2. The summed E-state index contributed by atoms with van der Waals surface area (Å²) in [5.41, 5.74) is 0.433. The quantitative estimate of drug-likeness (QED) is 0.462. The summed E-state index contributed by atoms with van der Waals surface area (Å²) < 4.78 is 33.2. The molecule has 1 N–H and O–H groups in total. The number of alkyl halides is 2. The lowest BCUT2D eigenvalue weighted by Gasteiger charge is -2.35. The van der Waals surface area contributed by atoms with Crippen molar-refractivity contribution in [1.82, 2.24) is 19.9 Å². The minimum Gasteiger partial charge on any atom is -0.455 e. The number of likely N-dealkylation sites (tertiary alicyclic amines) is 1. The summed E-state index contributed by atoms with van der Waals surface area (Å²) in [7, 11) is 0. The van der Waals surface area contributed by atoms with Gasteiger partial charge >= 0.3 is 6.03 Å². The molecule has 1 saturated heterocycles. The molecular weight excluding hydrogens is 488 g/mol. The molecule has 4 heterocycles. The van der Waals surface area contributed by atoms with Crippen molar-refractivity contribution in [3.05, 3.63) is 47.4 Å². The van der Waals surface area contributed by atoms with E-state index in [1.165, 1.54) is 0 Å². The largest absolute Gasteiger partial charge is 0.455 e. The van der Waals surface area contributed by atoms with Crippen LogP contribution < -0.4 is 10.1 Å². The second-order valence-electron chi connectivity index (χ2n) is 9.28. The summed E-state index contributed by atoms with van der Waals surface area (Å²) in [6.45, 7) is 3.89. The highest BCUT2D eigenvalue weighted by molar-refractivity contribution is 7.15. The molecule has 1 aliphatic carbocycles. The Morgan fingerprint density at radius 3 is 2.58 bits per heavy atom. The van der Waals surface area contributed by atoms with Crippen LogP contribution in [0.1, 0.15) is 42.8 Å². The van der Waals surface area contributed by atoms with Crippen molar-refractivity contribution in [2.75, 3.05) is 11.9 Å². The van der Waals surface area contributed by atoms with E-state index >= 15 is 0 Å². The lowest BCUT2D eigenvalue weighted by molar-refractivity contribution is -0.140. The van der Waals surface area contributed by atoms with Gasteiger partial charge in [0.05, 0.1) is 26.7 Å². The summed E-state index contributed by atoms with van der Waals surface area (Å²) >= 11 is 1.54. The van der Waals surface area contributed by atoms with Crippen LogP contribution in [0.25, 0.3) is 10.6 Å². The van der Waals surface area contributed by atoms with Crippen molar-refractivity contribution in [2.24, 2.45) is 5.41 Å². The van der Waals surface area contributed by atoms with Crippen molar-refractivity contribution in [3.8, 4) is 22.1 Å². The molecule has 188 valence electrons. The molecule has 8 nitrogen and oxygen atoms in total. The van der Waals surface area contributed by atoms with Crippen LogP contribution in [0.5, 0.6) is 11.5 Å². The Morgan fingerprint density at radius 1 is 1.11 bits per heavy atom. The van der Waals surface area contributed by atoms with Gasteiger partial charge in [-0.25, -0.2) is 23.5 Å². The Labute approximate surface area is 210 Å². The second kappa shape index (κ2) is 9.20. The molecule has 2 aliphatic rings. The van der Waals surface area contributed by atoms with E-state index in [0.717, 1.165) is 20.5 Å². The highest BCUT2D eigenvalue weighted by Gasteiger charge is 2.53. The number of halogens is 2. The van der Waals surface area contributed by atoms with Crippen LogP contribution in [-0.4, -0.2) is 44.3 Å². The summed E-state index contributed by atoms with van der Waals surface area (Å²) in [6.07, 6.45) is 3.40. The van der Waals surface area contributed by atoms with E-state index in [9.17, 15) is 18.4 Å². The third-order valence-electron chi connectivity index (χ3n) is 6.80. The molecule has 1 saturated carbocycles. The fraction of sp³-hybridized carbons (Fsp3) is 0.400. The molecule has 0 bridgehead atoms. The Morgan fingerprint density at radius 2 is 1.89 bits per heavy atom. The molecule has 5 rings (SSSR count). The maximum Gasteiger partial charge on any atom is 0.329 e. The Bertz CT molecular complexity index is 1320. The Kier molecular flexibility index (Phi) is 6.19. The van der Waals surface area contributed by atoms with Gasteiger partial charge in [0.15, 0.2) is 0 Å². The van der Waals surface area contributed by atoms with Crippen LogP contribution in [0, 0.1) is 19.3 Å². The van der Waals surface area contributed by atoms with Crippen molar-refractivity contribution in [3.63, 3.8) is 0 Å². The first-order chi connectivity index (χ1) is 17.1. The number of carbonyl (C=O) groups excluding carboxylic acids is 2. The molecule has 1 spiro atoms. The number of carbonyl (C=O) groups is 2. The van der Waals surface area contributed by atoms with Gasteiger partial charge in [-0.1, -0.05) is 0 Å². The number of imide groups is 1. The number of hydrogen-bond donors (Lipinski definition) is 1. The first-order valence-corrected chi connectivity index (χ1v) is 12.5. The van der Waals surface area contributed by atoms with Gasteiger partial charge < -0.3 is 4.74 Å². The summed E-state index contributed by atoms with van der Waals surface area (Å²) in [4.78, 5) is 40.8. The van der Waals surface area contributed by atoms with Crippen LogP contribution in [0.2, 0.25) is 0 Å². The second-order valence-corrected chi connectivity index (χ2v) is 10.5. The SMILES string of the molecule is Cc1ncc(-c2cc(Oc3ccc(NC(=O)N4CCC5(CCC(F)(F)CC5)C4=O)nc3C)ccn2)s1. The standard InChI is InChI=1S/C25H25F2N5O3S/c1-15-19(35-17-5-11-28-18(13-17)20-14-29-16(2)36-20)3-4-21(30-15)31-23(34)32-12-10-24(22(32)33)6-8-25(26,27)9-7-24/h3-5,11,13-14H,6-10,12H2,1-2H3,(H,30,31,34). The van der Waals surface area contributed by atoms with Gasteiger partial charge in [0.25, 0.3) is 0 Å². The number of thiazole rings is 1. The van der Waals surface area contributed by atoms with Gasteiger partial charge in [0.2, 0.25) is 11.8 Å². The van der Waals surface area contributed by atoms with E-state index in [1.54, 1.807) is 48.9 Å². The number of ether oxygens (including phenoxy) is 1. The van der Waals surface area contributed by atoms with Crippen LogP contribution >= 0.6 is 11.3 Å². The summed E-state index contributed by atoms with van der Waals surface area (Å²) in [6, 6.07) is 6.23. The van der Waals surface area contributed by atoms with Crippen molar-refractivity contribution >= 4 is 29.1 Å². The van der Waals surface area contributed by atoms with E-state index in [4.69, 9.17) is 4.74 Å². The van der Waals surface area contributed by atoms with Crippen molar-refractivity contribution in [2.45, 2.75) is 51.9 Å². The number of anilines is 1. The third-order valence-corrected chi connectivity index (χ3v) is 7.74. The highest BCUT2D eigenvalue weighted by Crippen LogP contribution is 2.49. The predicted octanol–water partition coefficient (Wildman–Crippen LogP) is 5.97. The number of aryl methyl sites for hydroxylation is 2. The summed E-state index contributed by atoms with van der Waals surface area (Å²) in [5.74, 6) is -1.75. The molecule has 3 amide bonds. The van der Waals surface area contributed by atoms with E-state index in [0.29, 0.717) is 23.6 Å². The number of urea groups is 1. The molecular formula is C25H25F2N5O3S. The van der Waals surface area contributed by atoms with E-state index in [1.807, 2.05) is 13.0 Å². The van der Waals surface area contributed by atoms with Crippen LogP contribution in [-0.2, 0) is 4.79 Å². The normalized spacial score (nSPS) is 18.4. The number of aromatic nitrogens is 3. The van der Waals surface area contributed by atoms with Crippen LogP contribution in [0.3, 0.4) is 0 Å². The van der Waals surface area contributed by atoms with E-state index in [-0.39, 0.29) is 44.0 Å². The number of nitrogens with zero attached hydrogens (tertiary/aromatic N) is 4. The number of hydrogen-bond acceptors (Lipinski definition) is 7. The third kappa shape index (κ3) is 4.79. The molecule has 3 aromatic heterocycles. The molecule has 1 aliphatic heterocycles. The molecule has 3 aromatic rings. The highest BCUT2D eigenvalue weighted by atomic mass is 32.1. The maximum atomic E-state index is 13.6. The minimum absolute atomic E-state index is 0.103. The lowest BCUT2D eigenvalue weighted by atomic mass is 9.72. The number of amides is 3. The monoisotopic (exact) mass is 513 g/mol. The van der Waals surface area contributed by atoms with Crippen LogP contribution in [0.15, 0.2) is 36.7 Å². The zero-order valence-corrected chi connectivity index (χ0v) is 20.7. The molecule has 2 fully saturated rings. The average Bonchev–Trinajstić information content (AvgIpc) is 3.42. The fourth-order valence-corrected chi connectivity index (χ4v) is 5.44. The molecule has 36 heavy (non-hydrogen) atoms. The Balaban J connectivity index is 1.24. The van der Waals surface area contributed by atoms with Crippen LogP contribution in [0.4, 0.5) is 19.4 Å². The molecule has 0 unspecified atom stereocenters. The lowest BCUT2D eigenvalue weighted by Crippen LogP contribution is -2.43. The predicted molar refractivity (Wildman–Crippen MR) is 130 cm³/mol. The molecule has 11 heteroatoms. The van der Waals surface area contributed by atoms with E-state index < -0.39 is 17.4 Å². The fourth-order valence-electron chi connectivity index (χ4n) is 4.69. The number of rotatable bonds is 4. The van der Waals surface area contributed by atoms with Crippen molar-refractivity contribution < 1.29 is 23.1 Å². The zero-order valence-electron chi connectivity index (χ0n) is 19.9. The van der Waals surface area contributed by atoms with Crippen molar-refractivity contribution in [1.29, 1.82) is 0 Å². The van der Waals surface area contributed by atoms with Gasteiger partial charge in [0.1, 0.15) is 17.3 Å². The topological polar surface area (TPSA) is 97.3 Å². The molecule has 0 aromatic carbocycles. The number of nitrogens with one attached hydrogen (secondary N) is 1. The molecule has 0 atom stereocenters. The zero-order chi connectivity index (χ0) is 25.5. The smallest absolute Gasteiger partial charge is 0.329 e. The minimum atomic E-state index is -2.73. The van der Waals surface area contributed by atoms with Gasteiger partial charge in [-0.05, 0) is 51.3 Å².